The fourth-order valence-corrected chi connectivity index (χ4v) is 2.03. The Kier molecular flexibility index (Phi) is 4.37. The van der Waals surface area contributed by atoms with Crippen LogP contribution in [0.3, 0.4) is 0 Å². The Morgan fingerprint density at radius 3 is 2.72 bits per heavy atom. The van der Waals surface area contributed by atoms with Gasteiger partial charge in [-0.15, -0.1) is 4.68 Å². The summed E-state index contributed by atoms with van der Waals surface area (Å²) in [5, 5.41) is 18.3. The number of aromatic nitrogens is 4. The fourth-order valence-electron chi connectivity index (χ4n) is 2.03. The Labute approximate surface area is 139 Å². The van der Waals surface area contributed by atoms with Crippen LogP contribution in [0.15, 0.2) is 57.1 Å². The molecular weight excluding hydrogens is 332 g/mol. The zero-order chi connectivity index (χ0) is 17.8. The Hall–Kier alpha value is -3.76. The van der Waals surface area contributed by atoms with E-state index in [0.717, 1.165) is 0 Å². The smallest absolute Gasteiger partial charge is 0.369 e. The largest absolute Gasteiger partial charge is 0.460 e. The fraction of sp³-hybridized carbons (Fsp3) is 0.143. The van der Waals surface area contributed by atoms with Gasteiger partial charge in [0.15, 0.2) is 11.5 Å². The molecule has 0 N–H and O–H groups in total. The highest BCUT2D eigenvalue weighted by Gasteiger charge is 2.17. The van der Waals surface area contributed by atoms with Crippen molar-refractivity contribution >= 4 is 11.5 Å². The lowest BCUT2D eigenvalue weighted by Crippen LogP contribution is -2.12. The van der Waals surface area contributed by atoms with Gasteiger partial charge < -0.3 is 19.5 Å². The highest BCUT2D eigenvalue weighted by atomic mass is 16.6. The van der Waals surface area contributed by atoms with Crippen molar-refractivity contribution in [2.45, 2.75) is 6.73 Å². The maximum absolute atomic E-state index is 11.3. The molecule has 0 aliphatic carbocycles. The molecule has 0 atom stereocenters. The predicted molar refractivity (Wildman–Crippen MR) is 83.8 cm³/mol. The van der Waals surface area contributed by atoms with Gasteiger partial charge in [0.05, 0.1) is 17.4 Å². The van der Waals surface area contributed by atoms with Gasteiger partial charge in [0.25, 0.3) is 0 Å². The first-order chi connectivity index (χ1) is 12.0. The summed E-state index contributed by atoms with van der Waals surface area (Å²) in [4.78, 5) is 30.3. The second-order valence-corrected chi connectivity index (χ2v) is 4.82. The number of benzene rings is 1. The molecule has 25 heavy (non-hydrogen) atoms. The standard InChI is InChI=1S/C14H12N6O5/c1-18-13(15-14(21)25-18)12(10-5-3-2-4-6-10)17-24-9-19-8-7-11(16-19)20(22)23/h2-8H,9H2,1H3/b17-12-. The number of hydrogen-bond donors (Lipinski definition) is 0. The third-order valence-electron chi connectivity index (χ3n) is 3.13. The van der Waals surface area contributed by atoms with Crippen LogP contribution in [0.25, 0.3) is 0 Å². The van der Waals surface area contributed by atoms with Crippen molar-refractivity contribution in [1.29, 1.82) is 0 Å². The Morgan fingerprint density at radius 1 is 1.36 bits per heavy atom. The van der Waals surface area contributed by atoms with Crippen LogP contribution in [0.1, 0.15) is 11.4 Å². The Morgan fingerprint density at radius 2 is 2.12 bits per heavy atom. The summed E-state index contributed by atoms with van der Waals surface area (Å²) in [6, 6.07) is 10.2. The summed E-state index contributed by atoms with van der Waals surface area (Å²) in [6.45, 7) is -0.157. The van der Waals surface area contributed by atoms with E-state index in [4.69, 9.17) is 9.36 Å². The van der Waals surface area contributed by atoms with Gasteiger partial charge in [-0.25, -0.2) is 4.79 Å². The predicted octanol–water partition coefficient (Wildman–Crippen LogP) is 0.905. The van der Waals surface area contributed by atoms with Crippen LogP contribution in [0.4, 0.5) is 5.82 Å². The van der Waals surface area contributed by atoms with Gasteiger partial charge in [0.2, 0.25) is 6.73 Å². The van der Waals surface area contributed by atoms with Crippen LogP contribution < -0.4 is 5.76 Å². The maximum atomic E-state index is 11.3. The van der Waals surface area contributed by atoms with Crippen molar-refractivity contribution in [3.05, 3.63) is 74.6 Å². The lowest BCUT2D eigenvalue weighted by atomic mass is 10.1. The molecule has 128 valence electrons. The third kappa shape index (κ3) is 3.60. The molecule has 0 unspecified atom stereocenters. The molecule has 0 fully saturated rings. The SMILES string of the molecule is Cn1oc(=O)nc1/C(=N\OCn1ccc([N+](=O)[O-])n1)c1ccccc1. The molecule has 2 aromatic heterocycles. The number of nitrogens with zero attached hydrogens (tertiary/aromatic N) is 6. The van der Waals surface area contributed by atoms with Gasteiger partial charge in [0, 0.05) is 12.6 Å². The van der Waals surface area contributed by atoms with E-state index in [0.29, 0.717) is 5.56 Å². The molecule has 1 aromatic carbocycles. The van der Waals surface area contributed by atoms with Gasteiger partial charge in [0.1, 0.15) is 0 Å². The number of nitro groups is 1. The molecular formula is C14H12N6O5. The number of hydrogen-bond acceptors (Lipinski definition) is 8. The lowest BCUT2D eigenvalue weighted by Gasteiger charge is -2.05. The van der Waals surface area contributed by atoms with Crippen LogP contribution in [-0.2, 0) is 18.6 Å². The van der Waals surface area contributed by atoms with E-state index in [2.05, 4.69) is 15.2 Å². The van der Waals surface area contributed by atoms with Gasteiger partial charge >= 0.3 is 11.6 Å². The van der Waals surface area contributed by atoms with E-state index in [9.17, 15) is 14.9 Å². The van der Waals surface area contributed by atoms with Gasteiger partial charge in [-0.1, -0.05) is 35.5 Å². The second-order valence-electron chi connectivity index (χ2n) is 4.82. The van der Waals surface area contributed by atoms with E-state index in [-0.39, 0.29) is 24.1 Å². The van der Waals surface area contributed by atoms with Crippen molar-refractivity contribution in [3.63, 3.8) is 0 Å². The quantitative estimate of drug-likeness (QED) is 0.369. The van der Waals surface area contributed by atoms with E-state index in [1.54, 1.807) is 24.3 Å². The number of rotatable bonds is 6. The average molecular weight is 344 g/mol. The van der Waals surface area contributed by atoms with Crippen LogP contribution in [0.2, 0.25) is 0 Å². The van der Waals surface area contributed by atoms with Crippen LogP contribution >= 0.6 is 0 Å². The summed E-state index contributed by atoms with van der Waals surface area (Å²) in [5.41, 5.74) is 0.924. The first-order valence-electron chi connectivity index (χ1n) is 7.02. The molecule has 3 rings (SSSR count). The first kappa shape index (κ1) is 16.1. The summed E-state index contributed by atoms with van der Waals surface area (Å²) in [5.74, 6) is -0.874. The molecule has 0 spiro atoms. The molecule has 0 bridgehead atoms. The minimum absolute atomic E-state index is 0.157. The highest BCUT2D eigenvalue weighted by molar-refractivity contribution is 6.10. The molecule has 0 radical (unpaired) electrons. The van der Waals surface area contributed by atoms with Crippen LogP contribution in [-0.4, -0.2) is 30.1 Å². The second kappa shape index (κ2) is 6.78. The van der Waals surface area contributed by atoms with Gasteiger partial charge in [-0.2, -0.15) is 9.72 Å². The first-order valence-corrected chi connectivity index (χ1v) is 7.02. The minimum atomic E-state index is -0.760. The molecule has 3 aromatic rings. The Bertz CT molecular complexity index is 971. The average Bonchev–Trinajstić information content (AvgIpc) is 3.19. The summed E-state index contributed by atoms with van der Waals surface area (Å²) in [6.07, 6.45) is 1.39. The molecule has 11 nitrogen and oxygen atoms in total. The molecule has 0 aliphatic rings. The zero-order valence-electron chi connectivity index (χ0n) is 13.0. The summed E-state index contributed by atoms with van der Waals surface area (Å²) < 4.78 is 7.22. The molecule has 0 amide bonds. The zero-order valence-corrected chi connectivity index (χ0v) is 13.0. The normalized spacial score (nSPS) is 11.5. The van der Waals surface area contributed by atoms with Gasteiger partial charge in [-0.05, 0) is 4.92 Å². The summed E-state index contributed by atoms with van der Waals surface area (Å²) in [7, 11) is 1.51. The van der Waals surface area contributed by atoms with E-state index >= 15 is 0 Å². The Balaban J connectivity index is 1.86. The number of oxime groups is 1. The van der Waals surface area contributed by atoms with Crippen molar-refractivity contribution in [1.82, 2.24) is 19.5 Å². The number of aryl methyl sites for hydroxylation is 1. The molecule has 0 saturated heterocycles. The van der Waals surface area contributed by atoms with E-state index in [1.165, 1.54) is 28.7 Å². The summed E-state index contributed by atoms with van der Waals surface area (Å²) >= 11 is 0. The molecule has 0 aliphatic heterocycles. The van der Waals surface area contributed by atoms with E-state index in [1.807, 2.05) is 6.07 Å². The topological polar surface area (TPSA) is 131 Å². The van der Waals surface area contributed by atoms with Crippen molar-refractivity contribution < 1.29 is 14.3 Å². The molecule has 11 heteroatoms. The molecule has 2 heterocycles. The van der Waals surface area contributed by atoms with E-state index < -0.39 is 10.7 Å². The minimum Gasteiger partial charge on any atom is -0.369 e. The highest BCUT2D eigenvalue weighted by Crippen LogP contribution is 2.09. The van der Waals surface area contributed by atoms with Crippen molar-refractivity contribution in [2.24, 2.45) is 12.2 Å². The monoisotopic (exact) mass is 344 g/mol. The van der Waals surface area contributed by atoms with Crippen LogP contribution in [0.5, 0.6) is 0 Å². The lowest BCUT2D eigenvalue weighted by molar-refractivity contribution is -0.389. The third-order valence-corrected chi connectivity index (χ3v) is 3.13. The van der Waals surface area contributed by atoms with Crippen molar-refractivity contribution in [3.8, 4) is 0 Å². The van der Waals surface area contributed by atoms with Gasteiger partial charge in [-0.3, -0.25) is 0 Å². The van der Waals surface area contributed by atoms with Crippen molar-refractivity contribution in [2.75, 3.05) is 0 Å². The van der Waals surface area contributed by atoms with Crippen LogP contribution in [0, 0.1) is 10.1 Å². The molecule has 0 saturated carbocycles. The maximum Gasteiger partial charge on any atom is 0.460 e.